The Morgan fingerprint density at radius 2 is 1.64 bits per heavy atom. The fourth-order valence-electron chi connectivity index (χ4n) is 4.47. The number of hydrogen-bond donors (Lipinski definition) is 3. The van der Waals surface area contributed by atoms with E-state index in [9.17, 15) is 15.3 Å². The smallest absolute Gasteiger partial charge is 0.137 e. The van der Waals surface area contributed by atoms with E-state index in [1.807, 2.05) is 18.3 Å². The van der Waals surface area contributed by atoms with Crippen LogP contribution in [0.2, 0.25) is 0 Å². The normalized spacial score (nSPS) is 11.9. The van der Waals surface area contributed by atoms with Gasteiger partial charge < -0.3 is 19.7 Å². The molecule has 5 heteroatoms. The number of nitrogens with zero attached hydrogens (tertiary/aromatic N) is 2. The lowest BCUT2D eigenvalue weighted by atomic mass is 9.93. The van der Waals surface area contributed by atoms with Crippen molar-refractivity contribution in [1.29, 1.82) is 0 Å². The summed E-state index contributed by atoms with van der Waals surface area (Å²) in [5.41, 5.74) is 8.50. The van der Waals surface area contributed by atoms with Crippen molar-refractivity contribution >= 4 is 5.65 Å². The molecule has 0 saturated carbocycles. The Balaban J connectivity index is 1.78. The standard InChI is InChI=1S/C28H32N2O3/c1-4-25-27(24-8-6-5-7-23(24)22-10-9-19(2)15-20(22)3)29-26-16-21(12-14-30(25)26)11-13-28(33,17-31)18-32/h5-10,12,14-16,31-33H,4,11,13,17-18H2,1-3H3. The Bertz CT molecular complexity index is 1270. The van der Waals surface area contributed by atoms with Gasteiger partial charge in [-0.05, 0) is 67.5 Å². The van der Waals surface area contributed by atoms with Gasteiger partial charge in [0.1, 0.15) is 11.2 Å². The van der Waals surface area contributed by atoms with Crippen LogP contribution in [0, 0.1) is 13.8 Å². The first-order valence-electron chi connectivity index (χ1n) is 11.5. The number of fused-ring (bicyclic) bond motifs is 1. The molecule has 0 atom stereocenters. The second-order valence-electron chi connectivity index (χ2n) is 8.93. The van der Waals surface area contributed by atoms with Crippen LogP contribution in [-0.2, 0) is 12.8 Å². The van der Waals surface area contributed by atoms with E-state index in [1.165, 1.54) is 22.3 Å². The van der Waals surface area contributed by atoms with Crippen molar-refractivity contribution in [1.82, 2.24) is 9.38 Å². The van der Waals surface area contributed by atoms with E-state index >= 15 is 0 Å². The monoisotopic (exact) mass is 444 g/mol. The van der Waals surface area contributed by atoms with Crippen LogP contribution in [0.1, 0.15) is 35.7 Å². The largest absolute Gasteiger partial charge is 0.393 e. The summed E-state index contributed by atoms with van der Waals surface area (Å²) in [6.45, 7) is 5.47. The second kappa shape index (κ2) is 9.48. The lowest BCUT2D eigenvalue weighted by Crippen LogP contribution is -2.37. The van der Waals surface area contributed by atoms with Gasteiger partial charge in [0, 0.05) is 11.8 Å². The van der Waals surface area contributed by atoms with Crippen LogP contribution < -0.4 is 0 Å². The zero-order chi connectivity index (χ0) is 23.6. The molecule has 0 aliphatic rings. The maximum Gasteiger partial charge on any atom is 0.137 e. The molecule has 0 aliphatic heterocycles. The molecule has 0 radical (unpaired) electrons. The van der Waals surface area contributed by atoms with Crippen molar-refractivity contribution in [3.63, 3.8) is 0 Å². The third-order valence-electron chi connectivity index (χ3n) is 6.45. The first-order chi connectivity index (χ1) is 15.9. The van der Waals surface area contributed by atoms with Gasteiger partial charge in [0.15, 0.2) is 0 Å². The summed E-state index contributed by atoms with van der Waals surface area (Å²) in [6.07, 6.45) is 3.68. The molecule has 172 valence electrons. The summed E-state index contributed by atoms with van der Waals surface area (Å²) in [6, 6.07) is 19.0. The topological polar surface area (TPSA) is 78.0 Å². The molecule has 2 heterocycles. The molecule has 0 saturated heterocycles. The zero-order valence-electron chi connectivity index (χ0n) is 19.5. The minimum Gasteiger partial charge on any atom is -0.393 e. The summed E-state index contributed by atoms with van der Waals surface area (Å²) in [4.78, 5) is 5.03. The Morgan fingerprint density at radius 3 is 2.30 bits per heavy atom. The maximum absolute atomic E-state index is 10.2. The SMILES string of the molecule is CCc1c(-c2ccccc2-c2ccc(C)cc2C)nc2cc(CCC(O)(CO)CO)ccn12. The molecular formula is C28H32N2O3. The van der Waals surface area contributed by atoms with Gasteiger partial charge in [-0.2, -0.15) is 0 Å². The highest BCUT2D eigenvalue weighted by molar-refractivity contribution is 5.85. The van der Waals surface area contributed by atoms with Crippen molar-refractivity contribution in [2.75, 3.05) is 13.2 Å². The van der Waals surface area contributed by atoms with Crippen molar-refractivity contribution < 1.29 is 15.3 Å². The highest BCUT2D eigenvalue weighted by Crippen LogP contribution is 2.36. The van der Waals surface area contributed by atoms with E-state index in [-0.39, 0.29) is 6.42 Å². The third kappa shape index (κ3) is 4.58. The van der Waals surface area contributed by atoms with Crippen molar-refractivity contribution in [2.45, 2.75) is 45.6 Å². The van der Waals surface area contributed by atoms with Gasteiger partial charge >= 0.3 is 0 Å². The lowest BCUT2D eigenvalue weighted by molar-refractivity contribution is -0.0599. The maximum atomic E-state index is 10.2. The van der Waals surface area contributed by atoms with Gasteiger partial charge in [-0.15, -0.1) is 0 Å². The molecule has 2 aromatic carbocycles. The van der Waals surface area contributed by atoms with Crippen LogP contribution >= 0.6 is 0 Å². The minimum atomic E-state index is -1.47. The number of hydrogen-bond acceptors (Lipinski definition) is 4. The molecule has 4 aromatic rings. The Kier molecular flexibility index (Phi) is 6.66. The highest BCUT2D eigenvalue weighted by Gasteiger charge is 2.25. The first kappa shape index (κ1) is 23.2. The van der Waals surface area contributed by atoms with Gasteiger partial charge in [0.25, 0.3) is 0 Å². The fraction of sp³-hybridized carbons (Fsp3) is 0.321. The second-order valence-corrected chi connectivity index (χ2v) is 8.93. The summed E-state index contributed by atoms with van der Waals surface area (Å²) >= 11 is 0. The van der Waals surface area contributed by atoms with Crippen LogP contribution in [0.25, 0.3) is 28.0 Å². The molecule has 0 fully saturated rings. The van der Waals surface area contributed by atoms with Crippen LogP contribution in [0.4, 0.5) is 0 Å². The predicted molar refractivity (Wildman–Crippen MR) is 132 cm³/mol. The van der Waals surface area contributed by atoms with Gasteiger partial charge in [0.05, 0.1) is 24.6 Å². The van der Waals surface area contributed by atoms with E-state index < -0.39 is 18.8 Å². The number of pyridine rings is 1. The quantitative estimate of drug-likeness (QED) is 0.374. The Labute approximate surface area is 195 Å². The molecule has 0 spiro atoms. The molecule has 3 N–H and O–H groups in total. The van der Waals surface area contributed by atoms with Gasteiger partial charge in [-0.25, -0.2) is 4.98 Å². The van der Waals surface area contributed by atoms with E-state index in [0.717, 1.165) is 34.6 Å². The summed E-state index contributed by atoms with van der Waals surface area (Å²) in [5, 5.41) is 28.9. The van der Waals surface area contributed by atoms with Crippen molar-refractivity contribution in [2.24, 2.45) is 0 Å². The number of aliphatic hydroxyl groups excluding tert-OH is 2. The van der Waals surface area contributed by atoms with Crippen LogP contribution in [-0.4, -0.2) is 43.5 Å². The molecule has 0 bridgehead atoms. The van der Waals surface area contributed by atoms with Gasteiger partial charge in [0.2, 0.25) is 0 Å². The van der Waals surface area contributed by atoms with Gasteiger partial charge in [-0.1, -0.05) is 55.0 Å². The number of imidazole rings is 1. The van der Waals surface area contributed by atoms with E-state index in [4.69, 9.17) is 4.98 Å². The van der Waals surface area contributed by atoms with Crippen molar-refractivity contribution in [3.8, 4) is 22.4 Å². The fourth-order valence-corrected chi connectivity index (χ4v) is 4.47. The van der Waals surface area contributed by atoms with E-state index in [2.05, 4.69) is 67.6 Å². The van der Waals surface area contributed by atoms with Crippen LogP contribution in [0.3, 0.4) is 0 Å². The van der Waals surface area contributed by atoms with Crippen molar-refractivity contribution in [3.05, 3.63) is 83.2 Å². The molecule has 0 unspecified atom stereocenters. The molecule has 4 rings (SSSR count). The third-order valence-corrected chi connectivity index (χ3v) is 6.45. The first-order valence-corrected chi connectivity index (χ1v) is 11.5. The molecule has 0 amide bonds. The lowest BCUT2D eigenvalue weighted by Gasteiger charge is -2.22. The number of aliphatic hydroxyl groups is 3. The molecular weight excluding hydrogens is 412 g/mol. The molecule has 5 nitrogen and oxygen atoms in total. The van der Waals surface area contributed by atoms with Gasteiger partial charge in [-0.3, -0.25) is 0 Å². The average Bonchev–Trinajstić information content (AvgIpc) is 3.20. The molecule has 33 heavy (non-hydrogen) atoms. The summed E-state index contributed by atoms with van der Waals surface area (Å²) < 4.78 is 2.13. The predicted octanol–water partition coefficient (Wildman–Crippen LogP) is 4.50. The minimum absolute atomic E-state index is 0.278. The van der Waals surface area contributed by atoms with E-state index in [1.54, 1.807) is 0 Å². The molecule has 2 aromatic heterocycles. The van der Waals surface area contributed by atoms with Crippen LogP contribution in [0.15, 0.2) is 60.8 Å². The number of benzene rings is 2. The van der Waals surface area contributed by atoms with E-state index in [0.29, 0.717) is 6.42 Å². The van der Waals surface area contributed by atoms with Crippen LogP contribution in [0.5, 0.6) is 0 Å². The highest BCUT2D eigenvalue weighted by atomic mass is 16.4. The number of rotatable bonds is 8. The zero-order valence-corrected chi connectivity index (χ0v) is 19.5. The summed E-state index contributed by atoms with van der Waals surface area (Å²) in [5.74, 6) is 0. The summed E-state index contributed by atoms with van der Waals surface area (Å²) in [7, 11) is 0. The number of aromatic nitrogens is 2. The average molecular weight is 445 g/mol. The number of aryl methyl sites for hydroxylation is 4. The Hall–Kier alpha value is -2.99. The Morgan fingerprint density at radius 1 is 0.909 bits per heavy atom. The molecule has 0 aliphatic carbocycles.